The molecule has 1 unspecified atom stereocenters. The van der Waals surface area contributed by atoms with E-state index in [2.05, 4.69) is 15.7 Å². The zero-order chi connectivity index (χ0) is 31.6. The molecule has 42 heavy (non-hydrogen) atoms. The fourth-order valence-electron chi connectivity index (χ4n) is 5.19. The number of nitrogens with zero attached hydrogens (tertiary/aromatic N) is 3. The van der Waals surface area contributed by atoms with Crippen LogP contribution in [0.1, 0.15) is 80.0 Å². The monoisotopic (exact) mass is 603 g/mol. The van der Waals surface area contributed by atoms with Crippen LogP contribution in [0.25, 0.3) is 0 Å². The standard InChI is InChI=1S/C28H35F6N5O3/c1-15(2)39-22(8-11-35-39)24(40)37-23(18-6-9-27(30,31)10-7-18)25(41)36-21-12-16(3)19(13-20(21)29)17(4)26(42)38(5)14-28(32,33)34/h8,11-13,15,17-18,23H,6-7,9-10,14H2,1-5H3,(H,36,41)(H,37,40)/t17?,23-/m0/s1. The predicted octanol–water partition coefficient (Wildman–Crippen LogP) is 5.60. The highest BCUT2D eigenvalue weighted by atomic mass is 19.4. The summed E-state index contributed by atoms with van der Waals surface area (Å²) in [6, 6.07) is 2.19. The molecule has 0 spiro atoms. The Labute approximate surface area is 239 Å². The lowest BCUT2D eigenvalue weighted by Crippen LogP contribution is -2.50. The number of halogens is 6. The lowest BCUT2D eigenvalue weighted by atomic mass is 9.81. The molecular weight excluding hydrogens is 568 g/mol. The summed E-state index contributed by atoms with van der Waals surface area (Å²) < 4.78 is 82.6. The number of alkyl halides is 5. The number of benzene rings is 1. The van der Waals surface area contributed by atoms with Gasteiger partial charge in [-0.3, -0.25) is 19.1 Å². The fraction of sp³-hybridized carbons (Fsp3) is 0.571. The van der Waals surface area contributed by atoms with E-state index in [1.807, 2.05) is 0 Å². The van der Waals surface area contributed by atoms with E-state index in [1.165, 1.54) is 36.9 Å². The molecule has 0 bridgehead atoms. The minimum Gasteiger partial charge on any atom is -0.339 e. The molecule has 1 aromatic heterocycles. The van der Waals surface area contributed by atoms with E-state index in [-0.39, 0.29) is 35.8 Å². The van der Waals surface area contributed by atoms with Crippen molar-refractivity contribution < 1.29 is 40.7 Å². The molecule has 3 amide bonds. The second-order valence-electron chi connectivity index (χ2n) is 11.1. The topological polar surface area (TPSA) is 96.3 Å². The molecule has 232 valence electrons. The number of aromatic nitrogens is 2. The second-order valence-corrected chi connectivity index (χ2v) is 11.1. The van der Waals surface area contributed by atoms with Crippen molar-refractivity contribution in [2.24, 2.45) is 5.92 Å². The predicted molar refractivity (Wildman–Crippen MR) is 143 cm³/mol. The van der Waals surface area contributed by atoms with Crippen molar-refractivity contribution in [1.29, 1.82) is 0 Å². The highest BCUT2D eigenvalue weighted by Crippen LogP contribution is 2.38. The van der Waals surface area contributed by atoms with Crippen LogP contribution in [0.15, 0.2) is 24.4 Å². The molecule has 3 rings (SSSR count). The Morgan fingerprint density at radius 3 is 2.33 bits per heavy atom. The van der Waals surface area contributed by atoms with Crippen LogP contribution < -0.4 is 10.6 Å². The second kappa shape index (κ2) is 12.7. The fourth-order valence-corrected chi connectivity index (χ4v) is 5.19. The van der Waals surface area contributed by atoms with Gasteiger partial charge in [-0.2, -0.15) is 18.3 Å². The van der Waals surface area contributed by atoms with Crippen molar-refractivity contribution in [3.05, 3.63) is 47.0 Å². The third-order valence-electron chi connectivity index (χ3n) is 7.44. The minimum absolute atomic E-state index is 0.0552. The summed E-state index contributed by atoms with van der Waals surface area (Å²) in [5.74, 6) is -7.97. The first-order valence-electron chi connectivity index (χ1n) is 13.5. The average Bonchev–Trinajstić information content (AvgIpc) is 3.38. The first kappa shape index (κ1) is 32.9. The van der Waals surface area contributed by atoms with Gasteiger partial charge in [-0.1, -0.05) is 0 Å². The Morgan fingerprint density at radius 2 is 1.76 bits per heavy atom. The molecule has 0 saturated heterocycles. The summed E-state index contributed by atoms with van der Waals surface area (Å²) in [6.45, 7) is 4.99. The number of rotatable bonds is 9. The van der Waals surface area contributed by atoms with Gasteiger partial charge in [0.05, 0.1) is 11.6 Å². The number of aryl methyl sites for hydroxylation is 1. The van der Waals surface area contributed by atoms with E-state index in [0.717, 1.165) is 13.1 Å². The van der Waals surface area contributed by atoms with Gasteiger partial charge in [0.2, 0.25) is 17.7 Å². The van der Waals surface area contributed by atoms with E-state index < -0.39 is 72.9 Å². The summed E-state index contributed by atoms with van der Waals surface area (Å²) in [5, 5.41) is 9.14. The number of likely N-dealkylation sites (N-methyl/N-ethyl adjacent to an activating group) is 1. The van der Waals surface area contributed by atoms with Crippen LogP contribution in [-0.4, -0.2) is 64.1 Å². The summed E-state index contributed by atoms with van der Waals surface area (Å²) in [6.07, 6.45) is -4.25. The van der Waals surface area contributed by atoms with E-state index in [9.17, 15) is 36.3 Å². The normalized spacial score (nSPS) is 17.0. The molecular formula is C28H35F6N5O3. The first-order chi connectivity index (χ1) is 19.4. The Morgan fingerprint density at radius 1 is 1.14 bits per heavy atom. The van der Waals surface area contributed by atoms with Crippen molar-refractivity contribution >= 4 is 23.4 Å². The molecule has 1 aliphatic carbocycles. The van der Waals surface area contributed by atoms with Gasteiger partial charge in [0.1, 0.15) is 24.1 Å². The van der Waals surface area contributed by atoms with Gasteiger partial charge in [0.25, 0.3) is 5.91 Å². The third kappa shape index (κ3) is 8.03. The summed E-state index contributed by atoms with van der Waals surface area (Å²) in [4.78, 5) is 39.6. The Balaban J connectivity index is 1.84. The van der Waals surface area contributed by atoms with Gasteiger partial charge in [-0.05, 0) is 75.8 Å². The Bertz CT molecular complexity index is 1300. The molecule has 1 aromatic carbocycles. The lowest BCUT2D eigenvalue weighted by Gasteiger charge is -2.33. The molecule has 0 aliphatic heterocycles. The molecule has 14 heteroatoms. The molecule has 1 saturated carbocycles. The summed E-state index contributed by atoms with van der Waals surface area (Å²) >= 11 is 0. The third-order valence-corrected chi connectivity index (χ3v) is 7.44. The highest BCUT2D eigenvalue weighted by Gasteiger charge is 2.41. The van der Waals surface area contributed by atoms with Crippen LogP contribution in [0.4, 0.5) is 32.0 Å². The number of carbonyl (C=O) groups is 3. The van der Waals surface area contributed by atoms with E-state index in [1.54, 1.807) is 13.8 Å². The Hall–Kier alpha value is -3.58. The molecule has 8 nitrogen and oxygen atoms in total. The maximum atomic E-state index is 15.2. The lowest BCUT2D eigenvalue weighted by molar-refractivity contribution is -0.159. The van der Waals surface area contributed by atoms with Crippen molar-refractivity contribution in [2.75, 3.05) is 18.9 Å². The molecule has 0 radical (unpaired) electrons. The zero-order valence-electron chi connectivity index (χ0n) is 24.0. The SMILES string of the molecule is Cc1cc(NC(=O)[C@@H](NC(=O)c2ccnn2C(C)C)C2CCC(F)(F)CC2)c(F)cc1C(C)C(=O)N(C)CC(F)(F)F. The van der Waals surface area contributed by atoms with Crippen LogP contribution in [0.3, 0.4) is 0 Å². The number of anilines is 1. The molecule has 1 aliphatic rings. The van der Waals surface area contributed by atoms with Crippen molar-refractivity contribution in [2.45, 2.75) is 83.5 Å². The number of carbonyl (C=O) groups excluding carboxylic acids is 3. The van der Waals surface area contributed by atoms with Crippen molar-refractivity contribution in [3.8, 4) is 0 Å². The molecule has 1 fully saturated rings. The van der Waals surface area contributed by atoms with Gasteiger partial charge in [0, 0.05) is 32.1 Å². The number of hydrogen-bond donors (Lipinski definition) is 2. The van der Waals surface area contributed by atoms with E-state index in [4.69, 9.17) is 0 Å². The largest absolute Gasteiger partial charge is 0.406 e. The maximum Gasteiger partial charge on any atom is 0.406 e. The maximum absolute atomic E-state index is 15.2. The van der Waals surface area contributed by atoms with E-state index in [0.29, 0.717) is 10.5 Å². The van der Waals surface area contributed by atoms with Crippen LogP contribution in [0.5, 0.6) is 0 Å². The minimum atomic E-state index is -4.60. The molecule has 2 atom stereocenters. The number of hydrogen-bond acceptors (Lipinski definition) is 4. The van der Waals surface area contributed by atoms with E-state index >= 15 is 4.39 Å². The van der Waals surface area contributed by atoms with Crippen molar-refractivity contribution in [1.82, 2.24) is 20.0 Å². The molecule has 1 heterocycles. The van der Waals surface area contributed by atoms with Gasteiger partial charge in [-0.15, -0.1) is 0 Å². The van der Waals surface area contributed by atoms with Crippen LogP contribution in [0.2, 0.25) is 0 Å². The van der Waals surface area contributed by atoms with Gasteiger partial charge >= 0.3 is 6.18 Å². The molecule has 2 aromatic rings. The van der Waals surface area contributed by atoms with Gasteiger partial charge < -0.3 is 15.5 Å². The van der Waals surface area contributed by atoms with Crippen LogP contribution in [0, 0.1) is 18.7 Å². The Kier molecular flexibility index (Phi) is 9.99. The zero-order valence-corrected chi connectivity index (χ0v) is 24.0. The number of amides is 3. The van der Waals surface area contributed by atoms with Gasteiger partial charge in [0.15, 0.2) is 0 Å². The van der Waals surface area contributed by atoms with Crippen LogP contribution in [-0.2, 0) is 9.59 Å². The quantitative estimate of drug-likeness (QED) is 0.365. The van der Waals surface area contributed by atoms with Crippen LogP contribution >= 0.6 is 0 Å². The van der Waals surface area contributed by atoms with Crippen molar-refractivity contribution in [3.63, 3.8) is 0 Å². The molecule has 2 N–H and O–H groups in total. The highest BCUT2D eigenvalue weighted by molar-refractivity contribution is 6.01. The smallest absolute Gasteiger partial charge is 0.339 e. The summed E-state index contributed by atoms with van der Waals surface area (Å²) in [5.41, 5.74) is 0.319. The number of nitrogens with one attached hydrogen (secondary N) is 2. The first-order valence-corrected chi connectivity index (χ1v) is 13.5. The van der Waals surface area contributed by atoms with Gasteiger partial charge in [-0.25, -0.2) is 13.2 Å². The average molecular weight is 604 g/mol. The summed E-state index contributed by atoms with van der Waals surface area (Å²) in [7, 11) is 0.996.